The fraction of sp³-hybridized carbons (Fsp3) is 0.333. The van der Waals surface area contributed by atoms with E-state index in [0.717, 1.165) is 18.5 Å². The summed E-state index contributed by atoms with van der Waals surface area (Å²) in [5.74, 6) is 0. The molecule has 18 heavy (non-hydrogen) atoms. The van der Waals surface area contributed by atoms with Crippen LogP contribution in [0.3, 0.4) is 0 Å². The summed E-state index contributed by atoms with van der Waals surface area (Å²) >= 11 is 0. The van der Waals surface area contributed by atoms with Crippen LogP contribution in [0.5, 0.6) is 0 Å². The van der Waals surface area contributed by atoms with Crippen LogP contribution in [0, 0.1) is 0 Å². The Morgan fingerprint density at radius 3 is 2.89 bits per heavy atom. The number of hydrogen-bond donors (Lipinski definition) is 2. The van der Waals surface area contributed by atoms with Gasteiger partial charge in [-0.1, -0.05) is 12.2 Å². The summed E-state index contributed by atoms with van der Waals surface area (Å²) < 4.78 is 0. The zero-order valence-electron chi connectivity index (χ0n) is 10.6. The first-order chi connectivity index (χ1) is 8.65. The van der Waals surface area contributed by atoms with Gasteiger partial charge in [-0.3, -0.25) is 0 Å². The number of rotatable bonds is 1. The maximum atomic E-state index is 5.88. The zero-order valence-corrected chi connectivity index (χ0v) is 10.6. The molecule has 3 nitrogen and oxygen atoms in total. The van der Waals surface area contributed by atoms with Crippen molar-refractivity contribution in [3.63, 3.8) is 0 Å². The lowest BCUT2D eigenvalue weighted by molar-refractivity contribution is 0.725. The molecule has 2 unspecified atom stereocenters. The fourth-order valence-electron chi connectivity index (χ4n) is 2.85. The van der Waals surface area contributed by atoms with Gasteiger partial charge in [0.2, 0.25) is 0 Å². The quantitative estimate of drug-likeness (QED) is 0.741. The molecular formula is C15H19N3. The number of fused-ring (bicyclic) bond motifs is 1. The van der Waals surface area contributed by atoms with Crippen LogP contribution in [0.4, 0.5) is 11.4 Å². The molecule has 4 N–H and O–H groups in total. The monoisotopic (exact) mass is 241 g/mol. The molecule has 3 heteroatoms. The third kappa shape index (κ3) is 1.81. The van der Waals surface area contributed by atoms with Crippen LogP contribution < -0.4 is 16.4 Å². The van der Waals surface area contributed by atoms with Gasteiger partial charge < -0.3 is 16.4 Å². The molecule has 1 aromatic rings. The molecule has 1 aliphatic heterocycles. The highest BCUT2D eigenvalue weighted by Gasteiger charge is 2.28. The van der Waals surface area contributed by atoms with E-state index in [1.807, 2.05) is 6.07 Å². The largest absolute Gasteiger partial charge is 0.399 e. The number of hydrogen-bond acceptors (Lipinski definition) is 3. The molecule has 0 fully saturated rings. The first-order valence-electron chi connectivity index (χ1n) is 6.47. The lowest BCUT2D eigenvalue weighted by atomic mass is 10.1. The van der Waals surface area contributed by atoms with Gasteiger partial charge in [0.15, 0.2) is 0 Å². The van der Waals surface area contributed by atoms with Gasteiger partial charge in [0, 0.05) is 29.2 Å². The standard InChI is InChI=1S/C15H19N3/c1-10-8-11-9-13(17)4-7-15(11)18(10)14-5-2-12(16)3-6-14/h2,4-7,9-10,12H,3,8,16-17H2,1H3. The number of benzene rings is 1. The van der Waals surface area contributed by atoms with Gasteiger partial charge in [0.05, 0.1) is 0 Å². The second-order valence-corrected chi connectivity index (χ2v) is 5.20. The topological polar surface area (TPSA) is 55.3 Å². The van der Waals surface area contributed by atoms with Crippen LogP contribution >= 0.6 is 0 Å². The van der Waals surface area contributed by atoms with Crippen molar-refractivity contribution in [1.82, 2.24) is 0 Å². The number of nitrogens with two attached hydrogens (primary N) is 2. The Kier molecular flexibility index (Phi) is 2.63. The number of allylic oxidation sites excluding steroid dienone is 1. The molecule has 1 heterocycles. The molecule has 0 aromatic heterocycles. The summed E-state index contributed by atoms with van der Waals surface area (Å²) in [6.45, 7) is 2.25. The molecule has 0 saturated carbocycles. The van der Waals surface area contributed by atoms with Crippen molar-refractivity contribution < 1.29 is 0 Å². The number of nitrogens with zero attached hydrogens (tertiary/aromatic N) is 1. The average molecular weight is 241 g/mol. The Labute approximate surface area is 108 Å². The highest BCUT2D eigenvalue weighted by Crippen LogP contribution is 2.37. The van der Waals surface area contributed by atoms with E-state index in [2.05, 4.69) is 42.2 Å². The highest BCUT2D eigenvalue weighted by molar-refractivity contribution is 5.68. The van der Waals surface area contributed by atoms with Gasteiger partial charge in [-0.05, 0) is 49.6 Å². The van der Waals surface area contributed by atoms with Crippen LogP contribution in [-0.4, -0.2) is 12.1 Å². The predicted octanol–water partition coefficient (Wildman–Crippen LogP) is 2.19. The summed E-state index contributed by atoms with van der Waals surface area (Å²) in [4.78, 5) is 2.39. The van der Waals surface area contributed by atoms with Crippen molar-refractivity contribution in [2.75, 3.05) is 10.6 Å². The lowest BCUT2D eigenvalue weighted by Gasteiger charge is -2.28. The number of anilines is 2. The first kappa shape index (κ1) is 11.4. The Morgan fingerprint density at radius 2 is 2.17 bits per heavy atom. The van der Waals surface area contributed by atoms with E-state index in [-0.39, 0.29) is 6.04 Å². The predicted molar refractivity (Wildman–Crippen MR) is 76.3 cm³/mol. The highest BCUT2D eigenvalue weighted by atomic mass is 15.2. The second kappa shape index (κ2) is 4.18. The van der Waals surface area contributed by atoms with Crippen LogP contribution in [0.1, 0.15) is 18.9 Å². The Hall–Kier alpha value is -1.74. The fourth-order valence-corrected chi connectivity index (χ4v) is 2.85. The smallest absolute Gasteiger partial charge is 0.0448 e. The summed E-state index contributed by atoms with van der Waals surface area (Å²) in [7, 11) is 0. The molecule has 0 radical (unpaired) electrons. The molecule has 94 valence electrons. The van der Waals surface area contributed by atoms with Crippen molar-refractivity contribution in [2.45, 2.75) is 31.8 Å². The molecule has 1 aromatic carbocycles. The summed E-state index contributed by atoms with van der Waals surface area (Å²) in [6.07, 6.45) is 8.41. The molecule has 3 rings (SSSR count). The lowest BCUT2D eigenvalue weighted by Crippen LogP contribution is -2.30. The van der Waals surface area contributed by atoms with E-state index in [1.165, 1.54) is 16.9 Å². The minimum Gasteiger partial charge on any atom is -0.399 e. The van der Waals surface area contributed by atoms with Crippen LogP contribution in [0.15, 0.2) is 42.1 Å². The van der Waals surface area contributed by atoms with Crippen molar-refractivity contribution in [3.8, 4) is 0 Å². The minimum absolute atomic E-state index is 0.164. The molecule has 0 saturated heterocycles. The van der Waals surface area contributed by atoms with E-state index < -0.39 is 0 Å². The van der Waals surface area contributed by atoms with Crippen LogP contribution in [0.2, 0.25) is 0 Å². The zero-order chi connectivity index (χ0) is 12.7. The van der Waals surface area contributed by atoms with Gasteiger partial charge >= 0.3 is 0 Å². The molecule has 1 aliphatic carbocycles. The van der Waals surface area contributed by atoms with Crippen molar-refractivity contribution >= 4 is 11.4 Å². The second-order valence-electron chi connectivity index (χ2n) is 5.20. The molecular weight excluding hydrogens is 222 g/mol. The normalized spacial score (nSPS) is 26.1. The summed E-state index contributed by atoms with van der Waals surface area (Å²) in [5, 5.41) is 0. The minimum atomic E-state index is 0.164. The third-order valence-corrected chi connectivity index (χ3v) is 3.71. The third-order valence-electron chi connectivity index (χ3n) is 3.71. The molecule has 0 spiro atoms. The molecule has 0 amide bonds. The van der Waals surface area contributed by atoms with Crippen LogP contribution in [0.25, 0.3) is 0 Å². The maximum absolute atomic E-state index is 5.88. The Morgan fingerprint density at radius 1 is 1.33 bits per heavy atom. The summed E-state index contributed by atoms with van der Waals surface area (Å²) in [5.41, 5.74) is 16.5. The van der Waals surface area contributed by atoms with E-state index in [9.17, 15) is 0 Å². The van der Waals surface area contributed by atoms with Crippen molar-refractivity contribution in [2.24, 2.45) is 5.73 Å². The van der Waals surface area contributed by atoms with E-state index >= 15 is 0 Å². The van der Waals surface area contributed by atoms with Gasteiger partial charge in [-0.2, -0.15) is 0 Å². The van der Waals surface area contributed by atoms with E-state index in [0.29, 0.717) is 6.04 Å². The van der Waals surface area contributed by atoms with E-state index in [1.54, 1.807) is 0 Å². The average Bonchev–Trinajstić information content (AvgIpc) is 2.65. The molecule has 2 atom stereocenters. The number of nitrogen functional groups attached to an aromatic ring is 1. The Balaban J connectivity index is 1.97. The summed E-state index contributed by atoms with van der Waals surface area (Å²) in [6, 6.07) is 6.83. The van der Waals surface area contributed by atoms with Gasteiger partial charge in [0.25, 0.3) is 0 Å². The van der Waals surface area contributed by atoms with Crippen molar-refractivity contribution in [3.05, 3.63) is 47.7 Å². The maximum Gasteiger partial charge on any atom is 0.0448 e. The molecule has 2 aliphatic rings. The molecule has 0 bridgehead atoms. The van der Waals surface area contributed by atoms with Crippen LogP contribution in [-0.2, 0) is 6.42 Å². The van der Waals surface area contributed by atoms with Gasteiger partial charge in [-0.15, -0.1) is 0 Å². The van der Waals surface area contributed by atoms with E-state index in [4.69, 9.17) is 11.5 Å². The Bertz CT molecular complexity index is 531. The first-order valence-corrected chi connectivity index (χ1v) is 6.47. The SMILES string of the molecule is CC1Cc2cc(N)ccc2N1C1=CCC(N)C=C1. The van der Waals surface area contributed by atoms with Gasteiger partial charge in [-0.25, -0.2) is 0 Å². The van der Waals surface area contributed by atoms with Gasteiger partial charge in [0.1, 0.15) is 0 Å². The van der Waals surface area contributed by atoms with Crippen molar-refractivity contribution in [1.29, 1.82) is 0 Å².